The topological polar surface area (TPSA) is 36.9 Å². The lowest BCUT2D eigenvalue weighted by atomic mass is 9.67. The fourth-order valence-electron chi connectivity index (χ4n) is 7.55. The first-order valence-electron chi connectivity index (χ1n) is 18.0. The summed E-state index contributed by atoms with van der Waals surface area (Å²) in [5, 5.41) is 0. The molecule has 2 fully saturated rings. The molecule has 0 N–H and O–H groups in total. The van der Waals surface area contributed by atoms with Gasteiger partial charge in [0.05, 0.1) is 0 Å². The van der Waals surface area contributed by atoms with Crippen molar-refractivity contribution in [3.8, 4) is 11.1 Å². The number of hydrogen-bond donors (Lipinski definition) is 0. The summed E-state index contributed by atoms with van der Waals surface area (Å²) < 4.78 is 24.9. The van der Waals surface area contributed by atoms with Crippen molar-refractivity contribution in [2.75, 3.05) is 26.4 Å². The molecule has 2 aromatic carbocycles. The normalized spacial score (nSPS) is 18.3. The fraction of sp³-hybridized carbons (Fsp3) is 0.676. The van der Waals surface area contributed by atoms with E-state index in [9.17, 15) is 0 Å². The third-order valence-electron chi connectivity index (χ3n) is 10.0. The third kappa shape index (κ3) is 8.37. The van der Waals surface area contributed by atoms with Crippen LogP contribution in [0.3, 0.4) is 0 Å². The first-order valence-corrected chi connectivity index (χ1v) is 18.0. The van der Waals surface area contributed by atoms with Crippen LogP contribution in [0.2, 0.25) is 0 Å². The summed E-state index contributed by atoms with van der Waals surface area (Å²) >= 11 is 0. The Bertz CT molecular complexity index is 1020. The zero-order valence-corrected chi connectivity index (χ0v) is 27.3. The van der Waals surface area contributed by atoms with Crippen LogP contribution < -0.4 is 10.9 Å². The maximum absolute atomic E-state index is 6.22. The second-order valence-electron chi connectivity index (χ2n) is 13.3. The molecule has 3 aliphatic rings. The molecule has 2 saturated heterocycles. The molecular formula is C37H56B2O4. The lowest BCUT2D eigenvalue weighted by Crippen LogP contribution is -2.38. The Balaban J connectivity index is 1.50. The summed E-state index contributed by atoms with van der Waals surface area (Å²) in [7, 11) is -0.527. The number of hydrogen-bond acceptors (Lipinski definition) is 4. The van der Waals surface area contributed by atoms with E-state index in [2.05, 4.69) is 50.2 Å². The second kappa shape index (κ2) is 17.2. The molecule has 5 rings (SSSR count). The van der Waals surface area contributed by atoms with E-state index in [0.29, 0.717) is 0 Å². The molecule has 234 valence electrons. The van der Waals surface area contributed by atoms with Crippen molar-refractivity contribution in [3.05, 3.63) is 47.5 Å². The molecule has 0 saturated carbocycles. The Kier molecular flexibility index (Phi) is 13.1. The van der Waals surface area contributed by atoms with Crippen LogP contribution in [0, 0.1) is 0 Å². The third-order valence-corrected chi connectivity index (χ3v) is 10.0. The number of unbranched alkanes of at least 4 members (excludes halogenated alkanes) is 10. The van der Waals surface area contributed by atoms with Crippen LogP contribution in [0.4, 0.5) is 0 Å². The molecule has 0 aromatic heterocycles. The molecule has 0 spiro atoms. The van der Waals surface area contributed by atoms with Crippen LogP contribution in [0.15, 0.2) is 36.4 Å². The van der Waals surface area contributed by atoms with Gasteiger partial charge in [0.15, 0.2) is 0 Å². The minimum atomic E-state index is -0.263. The minimum absolute atomic E-state index is 0.00164. The average Bonchev–Trinajstić information content (AvgIpc) is 3.35. The van der Waals surface area contributed by atoms with E-state index in [1.165, 1.54) is 123 Å². The summed E-state index contributed by atoms with van der Waals surface area (Å²) in [6.45, 7) is 7.70. The summed E-state index contributed by atoms with van der Waals surface area (Å²) in [5.74, 6) is 0. The van der Waals surface area contributed by atoms with Crippen LogP contribution in [0.1, 0.15) is 141 Å². The Morgan fingerprint density at radius 2 is 0.884 bits per heavy atom. The van der Waals surface area contributed by atoms with Crippen LogP contribution in [0.25, 0.3) is 11.1 Å². The molecule has 0 bridgehead atoms. The lowest BCUT2D eigenvalue weighted by Gasteiger charge is -2.34. The standard InChI is InChI=1S/C37H56B2O4/c1-3-5-7-9-11-13-23-37(24-14-12-10-8-6-4-2)35-29-31(38-40-25-15-16-26-41-38)19-21-33(35)34-22-20-32(30-36(34)37)39-42-27-17-18-28-43-39/h19-22,29-30H,3-18,23-28H2,1-2H3. The SMILES string of the molecule is CCCCCCCCC1(CCCCCCCC)c2cc(B3OCCCCO3)ccc2-c2ccc(B3OCCCCO3)cc21. The van der Waals surface area contributed by atoms with Crippen molar-refractivity contribution in [2.45, 2.75) is 135 Å². The first-order chi connectivity index (χ1) is 21.3. The maximum atomic E-state index is 6.22. The molecule has 0 radical (unpaired) electrons. The number of benzene rings is 2. The molecule has 43 heavy (non-hydrogen) atoms. The number of fused-ring (bicyclic) bond motifs is 3. The summed E-state index contributed by atoms with van der Waals surface area (Å²) in [5.41, 5.74) is 8.16. The van der Waals surface area contributed by atoms with E-state index < -0.39 is 0 Å². The van der Waals surface area contributed by atoms with Gasteiger partial charge < -0.3 is 18.6 Å². The fourth-order valence-corrected chi connectivity index (χ4v) is 7.55. The van der Waals surface area contributed by atoms with Gasteiger partial charge in [0.1, 0.15) is 0 Å². The van der Waals surface area contributed by atoms with Gasteiger partial charge >= 0.3 is 14.2 Å². The van der Waals surface area contributed by atoms with Gasteiger partial charge in [0.25, 0.3) is 0 Å². The molecule has 0 unspecified atom stereocenters. The quantitative estimate of drug-likeness (QED) is 0.146. The maximum Gasteiger partial charge on any atom is 0.493 e. The second-order valence-corrected chi connectivity index (χ2v) is 13.3. The molecule has 2 aliphatic heterocycles. The van der Waals surface area contributed by atoms with Gasteiger partial charge in [-0.15, -0.1) is 0 Å². The van der Waals surface area contributed by atoms with Crippen molar-refractivity contribution in [3.63, 3.8) is 0 Å². The smallest absolute Gasteiger partial charge is 0.407 e. The predicted octanol–water partition coefficient (Wildman–Crippen LogP) is 8.50. The average molecular weight is 586 g/mol. The first kappa shape index (κ1) is 32.8. The summed E-state index contributed by atoms with van der Waals surface area (Å²) in [6, 6.07) is 14.2. The van der Waals surface area contributed by atoms with Crippen molar-refractivity contribution in [1.82, 2.24) is 0 Å². The van der Waals surface area contributed by atoms with E-state index in [1.54, 1.807) is 0 Å². The molecule has 6 heteroatoms. The Labute approximate surface area is 263 Å². The molecule has 2 heterocycles. The van der Waals surface area contributed by atoms with Crippen LogP contribution in [-0.2, 0) is 24.0 Å². The zero-order valence-electron chi connectivity index (χ0n) is 27.3. The van der Waals surface area contributed by atoms with E-state index >= 15 is 0 Å². The van der Waals surface area contributed by atoms with Crippen molar-refractivity contribution < 1.29 is 18.6 Å². The molecule has 1 aliphatic carbocycles. The van der Waals surface area contributed by atoms with Gasteiger partial charge in [0, 0.05) is 31.8 Å². The van der Waals surface area contributed by atoms with Crippen LogP contribution >= 0.6 is 0 Å². The molecule has 4 nitrogen and oxygen atoms in total. The highest BCUT2D eigenvalue weighted by molar-refractivity contribution is 6.62. The monoisotopic (exact) mass is 586 g/mol. The van der Waals surface area contributed by atoms with Crippen molar-refractivity contribution in [2.24, 2.45) is 0 Å². The van der Waals surface area contributed by atoms with Crippen molar-refractivity contribution >= 4 is 25.2 Å². The highest BCUT2D eigenvalue weighted by Crippen LogP contribution is 2.53. The van der Waals surface area contributed by atoms with Crippen LogP contribution in [0.5, 0.6) is 0 Å². The van der Waals surface area contributed by atoms with E-state index in [-0.39, 0.29) is 19.7 Å². The van der Waals surface area contributed by atoms with Gasteiger partial charge in [-0.05, 0) is 71.7 Å². The van der Waals surface area contributed by atoms with E-state index in [1.807, 2.05) is 0 Å². The van der Waals surface area contributed by atoms with Gasteiger partial charge in [-0.1, -0.05) is 127 Å². The summed E-state index contributed by atoms with van der Waals surface area (Å²) in [6.07, 6.45) is 22.5. The predicted molar refractivity (Wildman–Crippen MR) is 182 cm³/mol. The molecule has 0 atom stereocenters. The Morgan fingerprint density at radius 1 is 0.512 bits per heavy atom. The molecule has 2 aromatic rings. The van der Waals surface area contributed by atoms with Gasteiger partial charge in [-0.25, -0.2) is 0 Å². The molecular weight excluding hydrogens is 530 g/mol. The van der Waals surface area contributed by atoms with E-state index in [0.717, 1.165) is 52.1 Å². The van der Waals surface area contributed by atoms with Crippen molar-refractivity contribution in [1.29, 1.82) is 0 Å². The zero-order chi connectivity index (χ0) is 29.7. The lowest BCUT2D eigenvalue weighted by molar-refractivity contribution is 0.247. The van der Waals surface area contributed by atoms with Gasteiger partial charge in [-0.3, -0.25) is 0 Å². The van der Waals surface area contributed by atoms with Crippen LogP contribution in [-0.4, -0.2) is 40.7 Å². The largest absolute Gasteiger partial charge is 0.493 e. The van der Waals surface area contributed by atoms with E-state index in [4.69, 9.17) is 18.6 Å². The molecule has 0 amide bonds. The Hall–Kier alpha value is -1.59. The Morgan fingerprint density at radius 3 is 1.28 bits per heavy atom. The summed E-state index contributed by atoms with van der Waals surface area (Å²) in [4.78, 5) is 0. The number of rotatable bonds is 16. The highest BCUT2D eigenvalue weighted by Gasteiger charge is 2.44. The van der Waals surface area contributed by atoms with Gasteiger partial charge in [0.2, 0.25) is 0 Å². The highest BCUT2D eigenvalue weighted by atomic mass is 16.6. The van der Waals surface area contributed by atoms with Gasteiger partial charge in [-0.2, -0.15) is 0 Å². The minimum Gasteiger partial charge on any atom is -0.407 e.